The first-order valence-electron chi connectivity index (χ1n) is 10.9. The van der Waals surface area contributed by atoms with Crippen LogP contribution in [-0.4, -0.2) is 19.5 Å². The molecule has 0 aromatic carbocycles. The van der Waals surface area contributed by atoms with Gasteiger partial charge in [-0.2, -0.15) is 0 Å². The fourth-order valence-corrected chi connectivity index (χ4v) is 3.31. The van der Waals surface area contributed by atoms with Gasteiger partial charge in [0.05, 0.1) is 6.33 Å². The van der Waals surface area contributed by atoms with E-state index in [9.17, 15) is 0 Å². The van der Waals surface area contributed by atoms with Gasteiger partial charge in [-0.3, -0.25) is 0 Å². The van der Waals surface area contributed by atoms with Gasteiger partial charge in [0.25, 0.3) is 0 Å². The smallest absolute Gasteiger partial charge is 0.182 e. The molecule has 0 saturated heterocycles. The summed E-state index contributed by atoms with van der Waals surface area (Å²) in [7, 11) is 0. The molecule has 0 bridgehead atoms. The molecule has 2 aromatic rings. The number of nitrogens with two attached hydrogens (primary N) is 1. The Hall–Kier alpha value is -2.69. The number of hydrogen-bond donors (Lipinski definition) is 1. The number of hydrogen-bond acceptors (Lipinski definition) is 4. The van der Waals surface area contributed by atoms with Gasteiger partial charge in [0.15, 0.2) is 11.5 Å². The standard InChI is InChI=1S/C25H37N5/c1-19(2)9-6-10-20(3)11-7-12-21(4)13-8-14-22(5)15-16-30-18-29-25-23(30)24(26)27-17-28-25/h9,11,13,15,17-18H,6-8,10,12,14,16H2,1-5H3,(H2,26,27,28)/b20-11+,21-13+,22-15+. The van der Waals surface area contributed by atoms with Gasteiger partial charge in [-0.1, -0.05) is 46.6 Å². The second kappa shape index (κ2) is 12.1. The van der Waals surface area contributed by atoms with Crippen LogP contribution in [0.2, 0.25) is 0 Å². The third-order valence-corrected chi connectivity index (χ3v) is 5.23. The van der Waals surface area contributed by atoms with Crippen molar-refractivity contribution in [2.24, 2.45) is 0 Å². The van der Waals surface area contributed by atoms with Gasteiger partial charge >= 0.3 is 0 Å². The second-order valence-corrected chi connectivity index (χ2v) is 8.38. The molecule has 2 rings (SSSR count). The Kier molecular flexibility index (Phi) is 9.52. The molecular weight excluding hydrogens is 370 g/mol. The van der Waals surface area contributed by atoms with Crippen LogP contribution >= 0.6 is 0 Å². The monoisotopic (exact) mass is 407 g/mol. The molecule has 5 nitrogen and oxygen atoms in total. The van der Waals surface area contributed by atoms with Gasteiger partial charge in [0.2, 0.25) is 0 Å². The number of allylic oxidation sites excluding steroid dienone is 8. The maximum Gasteiger partial charge on any atom is 0.182 e. The van der Waals surface area contributed by atoms with Crippen molar-refractivity contribution in [3.05, 3.63) is 59.3 Å². The summed E-state index contributed by atoms with van der Waals surface area (Å²) in [6, 6.07) is 0. The van der Waals surface area contributed by atoms with Crippen LogP contribution in [0.5, 0.6) is 0 Å². The fourth-order valence-electron chi connectivity index (χ4n) is 3.31. The average molecular weight is 408 g/mol. The second-order valence-electron chi connectivity index (χ2n) is 8.38. The number of rotatable bonds is 11. The summed E-state index contributed by atoms with van der Waals surface area (Å²) >= 11 is 0. The number of nitrogens with zero attached hydrogens (tertiary/aromatic N) is 4. The van der Waals surface area contributed by atoms with Crippen molar-refractivity contribution in [3.8, 4) is 0 Å². The Balaban J connectivity index is 1.75. The summed E-state index contributed by atoms with van der Waals surface area (Å²) in [6.45, 7) is 11.7. The third-order valence-electron chi connectivity index (χ3n) is 5.23. The predicted molar refractivity (Wildman–Crippen MR) is 128 cm³/mol. The number of aromatic nitrogens is 4. The van der Waals surface area contributed by atoms with E-state index in [4.69, 9.17) is 5.73 Å². The molecular formula is C25H37N5. The summed E-state index contributed by atoms with van der Waals surface area (Å²) in [5, 5.41) is 0. The van der Waals surface area contributed by atoms with Gasteiger partial charge in [0.1, 0.15) is 11.8 Å². The quantitative estimate of drug-likeness (QED) is 0.429. The van der Waals surface area contributed by atoms with Crippen LogP contribution < -0.4 is 5.73 Å². The highest BCUT2D eigenvalue weighted by Crippen LogP contribution is 2.17. The molecule has 2 N–H and O–H groups in total. The van der Waals surface area contributed by atoms with Crippen molar-refractivity contribution >= 4 is 17.0 Å². The lowest BCUT2D eigenvalue weighted by Crippen LogP contribution is -2.00. The minimum atomic E-state index is 0.475. The van der Waals surface area contributed by atoms with E-state index in [1.807, 2.05) is 4.57 Å². The van der Waals surface area contributed by atoms with E-state index in [2.05, 4.69) is 73.9 Å². The van der Waals surface area contributed by atoms with E-state index in [0.29, 0.717) is 11.5 Å². The van der Waals surface area contributed by atoms with Gasteiger partial charge in [-0.25, -0.2) is 15.0 Å². The Morgan fingerprint density at radius 3 is 1.97 bits per heavy atom. The summed E-state index contributed by atoms with van der Waals surface area (Å²) in [5.41, 5.74) is 13.2. The maximum absolute atomic E-state index is 5.97. The molecule has 0 aliphatic rings. The molecule has 0 spiro atoms. The zero-order chi connectivity index (χ0) is 21.9. The maximum atomic E-state index is 5.97. The molecule has 162 valence electrons. The molecule has 0 unspecified atom stereocenters. The van der Waals surface area contributed by atoms with Crippen LogP contribution in [0.1, 0.15) is 73.1 Å². The first kappa shape index (κ1) is 23.6. The normalized spacial score (nSPS) is 13.2. The Morgan fingerprint density at radius 2 is 1.37 bits per heavy atom. The van der Waals surface area contributed by atoms with Gasteiger partial charge in [-0.15, -0.1) is 0 Å². The summed E-state index contributed by atoms with van der Waals surface area (Å²) in [6.07, 6.45) is 19.3. The van der Waals surface area contributed by atoms with Crippen LogP contribution in [0.3, 0.4) is 0 Å². The number of anilines is 1. The molecule has 0 fully saturated rings. The van der Waals surface area contributed by atoms with E-state index < -0.39 is 0 Å². The van der Waals surface area contributed by atoms with Crippen molar-refractivity contribution in [3.63, 3.8) is 0 Å². The van der Waals surface area contributed by atoms with Crippen LogP contribution in [0.4, 0.5) is 5.82 Å². The minimum absolute atomic E-state index is 0.475. The molecule has 0 saturated carbocycles. The molecule has 2 aromatic heterocycles. The third kappa shape index (κ3) is 7.97. The Labute approximate surface area is 181 Å². The average Bonchev–Trinajstić information content (AvgIpc) is 3.10. The lowest BCUT2D eigenvalue weighted by molar-refractivity contribution is 0.828. The number of nitrogen functional groups attached to an aromatic ring is 1. The molecule has 0 aliphatic carbocycles. The lowest BCUT2D eigenvalue weighted by Gasteiger charge is -2.04. The molecule has 0 atom stereocenters. The lowest BCUT2D eigenvalue weighted by atomic mass is 10.0. The van der Waals surface area contributed by atoms with Crippen molar-refractivity contribution < 1.29 is 0 Å². The van der Waals surface area contributed by atoms with Gasteiger partial charge in [-0.05, 0) is 73.1 Å². The van der Waals surface area contributed by atoms with Crippen LogP contribution in [0.15, 0.2) is 59.3 Å². The zero-order valence-electron chi connectivity index (χ0n) is 19.3. The highest BCUT2D eigenvalue weighted by molar-refractivity contribution is 5.81. The fraction of sp³-hybridized carbons (Fsp3) is 0.480. The Bertz CT molecular complexity index is 940. The van der Waals surface area contributed by atoms with Crippen molar-refractivity contribution in [2.45, 2.75) is 79.7 Å². The molecule has 0 radical (unpaired) electrons. The van der Waals surface area contributed by atoms with E-state index in [1.54, 1.807) is 6.33 Å². The summed E-state index contributed by atoms with van der Waals surface area (Å²) in [4.78, 5) is 12.5. The largest absolute Gasteiger partial charge is 0.382 e. The summed E-state index contributed by atoms with van der Waals surface area (Å²) in [5.74, 6) is 0.475. The first-order valence-corrected chi connectivity index (χ1v) is 10.9. The molecule has 0 aliphatic heterocycles. The number of imidazole rings is 1. The molecule has 2 heterocycles. The first-order chi connectivity index (χ1) is 14.4. The topological polar surface area (TPSA) is 69.6 Å². The van der Waals surface area contributed by atoms with E-state index >= 15 is 0 Å². The van der Waals surface area contributed by atoms with Crippen molar-refractivity contribution in [1.82, 2.24) is 19.5 Å². The van der Waals surface area contributed by atoms with Crippen LogP contribution in [0, 0.1) is 0 Å². The van der Waals surface area contributed by atoms with E-state index in [0.717, 1.165) is 44.2 Å². The Morgan fingerprint density at radius 1 is 0.800 bits per heavy atom. The van der Waals surface area contributed by atoms with Crippen LogP contribution in [0.25, 0.3) is 11.2 Å². The predicted octanol–water partition coefficient (Wildman–Crippen LogP) is 6.55. The van der Waals surface area contributed by atoms with E-state index in [1.165, 1.54) is 35.0 Å². The summed E-state index contributed by atoms with van der Waals surface area (Å²) < 4.78 is 2.00. The van der Waals surface area contributed by atoms with Crippen LogP contribution in [-0.2, 0) is 6.54 Å². The van der Waals surface area contributed by atoms with E-state index in [-0.39, 0.29) is 0 Å². The minimum Gasteiger partial charge on any atom is -0.382 e. The SMILES string of the molecule is CC(C)=CCC/C(C)=C/CC/C(C)=C/CC/C(C)=C/Cn1cnc2ncnc(N)c21. The zero-order valence-corrected chi connectivity index (χ0v) is 19.3. The highest BCUT2D eigenvalue weighted by Gasteiger charge is 2.06. The van der Waals surface area contributed by atoms with Crippen molar-refractivity contribution in [1.29, 1.82) is 0 Å². The molecule has 30 heavy (non-hydrogen) atoms. The molecule has 5 heteroatoms. The van der Waals surface area contributed by atoms with Gasteiger partial charge in [0, 0.05) is 6.54 Å². The van der Waals surface area contributed by atoms with Gasteiger partial charge < -0.3 is 10.3 Å². The molecule has 0 amide bonds. The number of fused-ring (bicyclic) bond motifs is 1. The highest BCUT2D eigenvalue weighted by atomic mass is 15.1. The van der Waals surface area contributed by atoms with Crippen molar-refractivity contribution in [2.75, 3.05) is 5.73 Å².